The molecule has 2 rings (SSSR count). The minimum Gasteiger partial charge on any atom is -0.375 e. The summed E-state index contributed by atoms with van der Waals surface area (Å²) in [7, 11) is 1.98. The molecular weight excluding hydrogens is 242 g/mol. The van der Waals surface area contributed by atoms with E-state index in [0.717, 1.165) is 17.8 Å². The molecule has 3 nitrogen and oxygen atoms in total. The van der Waals surface area contributed by atoms with Crippen molar-refractivity contribution in [1.29, 1.82) is 0 Å². The Morgan fingerprint density at radius 2 is 2.11 bits per heavy atom. The molecule has 0 radical (unpaired) electrons. The van der Waals surface area contributed by atoms with Gasteiger partial charge in [0, 0.05) is 16.8 Å². The van der Waals surface area contributed by atoms with Gasteiger partial charge in [0.15, 0.2) is 0 Å². The molecule has 0 amide bonds. The van der Waals surface area contributed by atoms with E-state index in [1.54, 1.807) is 0 Å². The van der Waals surface area contributed by atoms with Crippen molar-refractivity contribution in [3.8, 4) is 0 Å². The van der Waals surface area contributed by atoms with Crippen LogP contribution in [0.2, 0.25) is 0 Å². The number of thiophene rings is 1. The molecule has 1 unspecified atom stereocenters. The Morgan fingerprint density at radius 1 is 1.39 bits per heavy atom. The highest BCUT2D eigenvalue weighted by molar-refractivity contribution is 7.12. The number of aryl methyl sites for hydroxylation is 3. The maximum atomic E-state index is 4.44. The van der Waals surface area contributed by atoms with E-state index < -0.39 is 0 Å². The molecule has 0 fully saturated rings. The average molecular weight is 263 g/mol. The van der Waals surface area contributed by atoms with Crippen molar-refractivity contribution in [2.75, 3.05) is 5.32 Å². The molecule has 0 saturated carbocycles. The highest BCUT2D eigenvalue weighted by Crippen LogP contribution is 2.29. The Labute approximate surface area is 113 Å². The second kappa shape index (κ2) is 5.14. The van der Waals surface area contributed by atoms with Crippen molar-refractivity contribution in [1.82, 2.24) is 9.78 Å². The fourth-order valence-electron chi connectivity index (χ4n) is 2.09. The van der Waals surface area contributed by atoms with E-state index in [0.29, 0.717) is 6.04 Å². The molecule has 98 valence electrons. The van der Waals surface area contributed by atoms with Crippen LogP contribution in [0.4, 0.5) is 5.69 Å². The molecule has 2 aromatic heterocycles. The van der Waals surface area contributed by atoms with Gasteiger partial charge in [-0.1, -0.05) is 6.92 Å². The molecule has 0 aliphatic carbocycles. The van der Waals surface area contributed by atoms with Gasteiger partial charge in [-0.2, -0.15) is 5.10 Å². The van der Waals surface area contributed by atoms with Crippen LogP contribution in [0, 0.1) is 13.8 Å². The van der Waals surface area contributed by atoms with E-state index in [1.165, 1.54) is 15.4 Å². The number of aromatic nitrogens is 2. The van der Waals surface area contributed by atoms with Crippen LogP contribution in [0.1, 0.15) is 41.0 Å². The lowest BCUT2D eigenvalue weighted by molar-refractivity contribution is 0.731. The van der Waals surface area contributed by atoms with Crippen LogP contribution >= 0.6 is 11.3 Å². The number of hydrogen-bond acceptors (Lipinski definition) is 3. The first kappa shape index (κ1) is 13.1. The summed E-state index contributed by atoms with van der Waals surface area (Å²) in [5.74, 6) is 0. The van der Waals surface area contributed by atoms with Crippen LogP contribution in [0.15, 0.2) is 12.1 Å². The Balaban J connectivity index is 2.18. The standard InChI is InChI=1S/C14H21N3S/c1-6-12-7-8-13(18-12)9(2)15-14-10(3)16-17(5)11(14)4/h7-9,15H,6H2,1-5H3. The Hall–Kier alpha value is -1.29. The highest BCUT2D eigenvalue weighted by atomic mass is 32.1. The van der Waals surface area contributed by atoms with Gasteiger partial charge in [0.25, 0.3) is 0 Å². The third-order valence-electron chi connectivity index (χ3n) is 3.33. The lowest BCUT2D eigenvalue weighted by Crippen LogP contribution is -2.06. The van der Waals surface area contributed by atoms with Gasteiger partial charge in [-0.05, 0) is 39.3 Å². The lowest BCUT2D eigenvalue weighted by Gasteiger charge is -2.14. The lowest BCUT2D eigenvalue weighted by atomic mass is 10.2. The van der Waals surface area contributed by atoms with E-state index in [9.17, 15) is 0 Å². The highest BCUT2D eigenvalue weighted by Gasteiger charge is 2.14. The molecule has 2 aromatic rings. The van der Waals surface area contributed by atoms with Crippen molar-refractivity contribution in [3.05, 3.63) is 33.3 Å². The van der Waals surface area contributed by atoms with Gasteiger partial charge in [-0.15, -0.1) is 11.3 Å². The molecule has 1 atom stereocenters. The fourth-order valence-corrected chi connectivity index (χ4v) is 3.04. The predicted octanol–water partition coefficient (Wildman–Crippen LogP) is 3.83. The largest absolute Gasteiger partial charge is 0.375 e. The number of anilines is 1. The molecule has 0 aromatic carbocycles. The number of rotatable bonds is 4. The van der Waals surface area contributed by atoms with Gasteiger partial charge in [0.05, 0.1) is 23.1 Å². The fraction of sp³-hybridized carbons (Fsp3) is 0.500. The maximum Gasteiger partial charge on any atom is 0.0828 e. The Morgan fingerprint density at radius 3 is 2.61 bits per heavy atom. The molecule has 0 aliphatic heterocycles. The van der Waals surface area contributed by atoms with Crippen LogP contribution in [0.3, 0.4) is 0 Å². The number of nitrogens with zero attached hydrogens (tertiary/aromatic N) is 2. The molecule has 0 spiro atoms. The summed E-state index contributed by atoms with van der Waals surface area (Å²) >= 11 is 1.89. The van der Waals surface area contributed by atoms with Crippen LogP contribution in [-0.2, 0) is 13.5 Å². The quantitative estimate of drug-likeness (QED) is 0.908. The first-order valence-electron chi connectivity index (χ1n) is 6.38. The molecule has 2 heterocycles. The summed E-state index contributed by atoms with van der Waals surface area (Å²) in [5, 5.41) is 8.02. The van der Waals surface area contributed by atoms with Crippen molar-refractivity contribution >= 4 is 17.0 Å². The molecule has 0 aliphatic rings. The van der Waals surface area contributed by atoms with E-state index in [1.807, 2.05) is 30.0 Å². The molecule has 4 heteroatoms. The summed E-state index contributed by atoms with van der Waals surface area (Å²) in [5.41, 5.74) is 3.41. The van der Waals surface area contributed by atoms with E-state index >= 15 is 0 Å². The summed E-state index contributed by atoms with van der Waals surface area (Å²) in [4.78, 5) is 2.83. The van der Waals surface area contributed by atoms with Crippen molar-refractivity contribution in [3.63, 3.8) is 0 Å². The van der Waals surface area contributed by atoms with Crippen LogP contribution < -0.4 is 5.32 Å². The smallest absolute Gasteiger partial charge is 0.0828 e. The SMILES string of the molecule is CCc1ccc(C(C)Nc2c(C)nn(C)c2C)s1. The van der Waals surface area contributed by atoms with Gasteiger partial charge in [0.1, 0.15) is 0 Å². The third-order valence-corrected chi connectivity index (χ3v) is 4.74. The predicted molar refractivity (Wildman–Crippen MR) is 78.4 cm³/mol. The number of nitrogens with one attached hydrogen (secondary N) is 1. The Kier molecular flexibility index (Phi) is 3.76. The van der Waals surface area contributed by atoms with Crippen molar-refractivity contribution < 1.29 is 0 Å². The van der Waals surface area contributed by atoms with Crippen molar-refractivity contribution in [2.24, 2.45) is 7.05 Å². The molecule has 1 N–H and O–H groups in total. The first-order valence-corrected chi connectivity index (χ1v) is 7.20. The minimum absolute atomic E-state index is 0.330. The minimum atomic E-state index is 0.330. The Bertz CT molecular complexity index is 539. The van der Waals surface area contributed by atoms with Crippen LogP contribution in [0.5, 0.6) is 0 Å². The molecule has 18 heavy (non-hydrogen) atoms. The zero-order valence-electron chi connectivity index (χ0n) is 11.7. The summed E-state index contributed by atoms with van der Waals surface area (Å²) in [6, 6.07) is 4.78. The first-order chi connectivity index (χ1) is 8.52. The van der Waals surface area contributed by atoms with Gasteiger partial charge in [0.2, 0.25) is 0 Å². The van der Waals surface area contributed by atoms with E-state index in [4.69, 9.17) is 0 Å². The molecular formula is C14H21N3S. The molecule has 0 saturated heterocycles. The summed E-state index contributed by atoms with van der Waals surface area (Å²) in [6.45, 7) is 8.55. The normalized spacial score (nSPS) is 12.7. The monoisotopic (exact) mass is 263 g/mol. The van der Waals surface area contributed by atoms with Gasteiger partial charge in [-0.25, -0.2) is 0 Å². The topological polar surface area (TPSA) is 29.9 Å². The van der Waals surface area contributed by atoms with Crippen molar-refractivity contribution in [2.45, 2.75) is 40.2 Å². The van der Waals surface area contributed by atoms with E-state index in [2.05, 4.69) is 43.3 Å². The average Bonchev–Trinajstić information content (AvgIpc) is 2.90. The number of hydrogen-bond donors (Lipinski definition) is 1. The zero-order chi connectivity index (χ0) is 13.3. The van der Waals surface area contributed by atoms with Gasteiger partial charge >= 0.3 is 0 Å². The second-order valence-corrected chi connectivity index (χ2v) is 5.89. The van der Waals surface area contributed by atoms with Gasteiger partial charge < -0.3 is 5.32 Å². The van der Waals surface area contributed by atoms with Gasteiger partial charge in [-0.3, -0.25) is 4.68 Å². The van der Waals surface area contributed by atoms with Crippen LogP contribution in [0.25, 0.3) is 0 Å². The molecule has 0 bridgehead atoms. The van der Waals surface area contributed by atoms with E-state index in [-0.39, 0.29) is 0 Å². The summed E-state index contributed by atoms with van der Waals surface area (Å²) in [6.07, 6.45) is 1.11. The zero-order valence-corrected chi connectivity index (χ0v) is 12.6. The summed E-state index contributed by atoms with van der Waals surface area (Å²) < 4.78 is 1.93. The second-order valence-electron chi connectivity index (χ2n) is 4.69. The third kappa shape index (κ3) is 2.43. The maximum absolute atomic E-state index is 4.44. The van der Waals surface area contributed by atoms with Crippen LogP contribution in [-0.4, -0.2) is 9.78 Å².